The molecule has 0 radical (unpaired) electrons. The topological polar surface area (TPSA) is 130 Å². The van der Waals surface area contributed by atoms with E-state index in [9.17, 15) is 13.2 Å². The Morgan fingerprint density at radius 2 is 2.08 bits per heavy atom. The molecule has 0 fully saturated rings. The van der Waals surface area contributed by atoms with Gasteiger partial charge in [-0.3, -0.25) is 14.7 Å². The summed E-state index contributed by atoms with van der Waals surface area (Å²) in [6.07, 6.45) is 0. The molecule has 0 heterocycles. The Kier molecular flexibility index (Phi) is 4.10. The summed E-state index contributed by atoms with van der Waals surface area (Å²) in [7, 11) is -4.11. The number of rotatable bonds is 5. The van der Waals surface area contributed by atoms with E-state index >= 15 is 0 Å². The van der Waals surface area contributed by atoms with Crippen molar-refractivity contribution in [2.45, 2.75) is 6.04 Å². The second-order valence-corrected chi connectivity index (χ2v) is 3.58. The summed E-state index contributed by atoms with van der Waals surface area (Å²) in [6, 6.07) is -1.17. The first-order chi connectivity index (χ1) is 5.33. The maximum atomic E-state index is 10.1. The summed E-state index contributed by atoms with van der Waals surface area (Å²) in [4.78, 5) is 10.1. The highest BCUT2D eigenvalue weighted by atomic mass is 32.2. The lowest BCUT2D eigenvalue weighted by Crippen LogP contribution is -2.41. The summed E-state index contributed by atoms with van der Waals surface area (Å²) in [5.41, 5.74) is 5.01. The molecule has 0 bridgehead atoms. The fourth-order valence-electron chi connectivity index (χ4n) is 0.431. The number of aliphatic carboxylic acids is 1. The molecule has 7 nitrogen and oxygen atoms in total. The van der Waals surface area contributed by atoms with Gasteiger partial charge in [-0.2, -0.15) is 8.42 Å². The maximum Gasteiger partial charge on any atom is 0.321 e. The minimum Gasteiger partial charge on any atom is -0.480 e. The third kappa shape index (κ3) is 6.04. The molecule has 0 aromatic heterocycles. The molecule has 0 amide bonds. The lowest BCUT2D eigenvalue weighted by atomic mass is 10.3. The second-order valence-electron chi connectivity index (χ2n) is 2.13. The molecule has 0 aliphatic heterocycles. The number of nitrogens with one attached hydrogen (secondary N) is 1. The van der Waals surface area contributed by atoms with Crippen LogP contribution in [0.2, 0.25) is 0 Å². The number of carboxylic acid groups (broad SMARTS) is 1. The summed E-state index contributed by atoms with van der Waals surface area (Å²) >= 11 is 0. The van der Waals surface area contributed by atoms with E-state index in [4.69, 9.17) is 15.4 Å². The molecule has 12 heavy (non-hydrogen) atoms. The maximum absolute atomic E-state index is 10.1. The molecular formula is C4H10N2O5S. The van der Waals surface area contributed by atoms with Crippen molar-refractivity contribution in [2.24, 2.45) is 5.73 Å². The molecule has 0 aliphatic rings. The van der Waals surface area contributed by atoms with Crippen LogP contribution in [0, 0.1) is 0 Å². The van der Waals surface area contributed by atoms with Crippen molar-refractivity contribution in [3.8, 4) is 0 Å². The number of carbonyl (C=O) groups is 1. The van der Waals surface area contributed by atoms with Crippen molar-refractivity contribution in [3.63, 3.8) is 0 Å². The SMILES string of the molecule is N[C@@H](CNCS(=O)(=O)O)C(=O)O. The standard InChI is InChI=1S/C4H10N2O5S/c5-3(4(7)8)1-6-2-12(9,10)11/h3,6H,1-2,5H2,(H,7,8)(H,9,10,11)/t3-/m0/s1. The van der Waals surface area contributed by atoms with Gasteiger partial charge in [-0.05, 0) is 0 Å². The molecular weight excluding hydrogens is 188 g/mol. The molecule has 1 atom stereocenters. The van der Waals surface area contributed by atoms with Gasteiger partial charge in [-0.15, -0.1) is 0 Å². The molecule has 0 unspecified atom stereocenters. The van der Waals surface area contributed by atoms with Gasteiger partial charge in [-0.1, -0.05) is 0 Å². The highest BCUT2D eigenvalue weighted by Crippen LogP contribution is 1.79. The minimum atomic E-state index is -4.11. The van der Waals surface area contributed by atoms with E-state index < -0.39 is 28.0 Å². The van der Waals surface area contributed by atoms with Crippen LogP contribution in [0.4, 0.5) is 0 Å². The predicted molar refractivity (Wildman–Crippen MR) is 40.0 cm³/mol. The van der Waals surface area contributed by atoms with Gasteiger partial charge in [0.2, 0.25) is 0 Å². The summed E-state index contributed by atoms with van der Waals surface area (Å²) in [5.74, 6) is -1.94. The highest BCUT2D eigenvalue weighted by molar-refractivity contribution is 7.85. The minimum absolute atomic E-state index is 0.213. The smallest absolute Gasteiger partial charge is 0.321 e. The van der Waals surface area contributed by atoms with E-state index in [-0.39, 0.29) is 6.54 Å². The van der Waals surface area contributed by atoms with Crippen LogP contribution in [0.15, 0.2) is 0 Å². The molecule has 0 saturated heterocycles. The number of hydrogen-bond donors (Lipinski definition) is 4. The summed E-state index contributed by atoms with van der Waals surface area (Å²) in [6.45, 7) is -0.213. The van der Waals surface area contributed by atoms with Gasteiger partial charge in [0.05, 0.1) is 0 Å². The quantitative estimate of drug-likeness (QED) is 0.370. The van der Waals surface area contributed by atoms with Crippen molar-refractivity contribution < 1.29 is 22.9 Å². The summed E-state index contributed by atoms with van der Waals surface area (Å²) < 4.78 is 28.4. The molecule has 0 aromatic carbocycles. The van der Waals surface area contributed by atoms with Crippen LogP contribution in [-0.4, -0.2) is 42.5 Å². The van der Waals surface area contributed by atoms with Crippen LogP contribution in [0.3, 0.4) is 0 Å². The van der Waals surface area contributed by atoms with Gasteiger partial charge in [-0.25, -0.2) is 0 Å². The van der Waals surface area contributed by atoms with Crippen molar-refractivity contribution in [1.29, 1.82) is 0 Å². The Balaban J connectivity index is 3.65. The van der Waals surface area contributed by atoms with Gasteiger partial charge >= 0.3 is 5.97 Å². The normalized spacial score (nSPS) is 14.2. The van der Waals surface area contributed by atoms with Crippen molar-refractivity contribution in [1.82, 2.24) is 5.32 Å². The Hall–Kier alpha value is -0.700. The van der Waals surface area contributed by atoms with Crippen LogP contribution in [0.25, 0.3) is 0 Å². The third-order valence-electron chi connectivity index (χ3n) is 0.966. The van der Waals surface area contributed by atoms with E-state index in [2.05, 4.69) is 5.32 Å². The molecule has 0 saturated carbocycles. The van der Waals surface area contributed by atoms with Crippen molar-refractivity contribution >= 4 is 16.1 Å². The third-order valence-corrected chi connectivity index (χ3v) is 1.53. The zero-order chi connectivity index (χ0) is 9.78. The zero-order valence-electron chi connectivity index (χ0n) is 6.10. The van der Waals surface area contributed by atoms with Crippen LogP contribution in [0.1, 0.15) is 0 Å². The Morgan fingerprint density at radius 3 is 2.42 bits per heavy atom. The van der Waals surface area contributed by atoms with E-state index in [0.29, 0.717) is 0 Å². The lowest BCUT2D eigenvalue weighted by molar-refractivity contribution is -0.138. The van der Waals surface area contributed by atoms with E-state index in [1.54, 1.807) is 0 Å². The van der Waals surface area contributed by atoms with E-state index in [0.717, 1.165) is 0 Å². The van der Waals surface area contributed by atoms with E-state index in [1.165, 1.54) is 0 Å². The van der Waals surface area contributed by atoms with Gasteiger partial charge < -0.3 is 10.8 Å². The second kappa shape index (κ2) is 4.36. The predicted octanol–water partition coefficient (Wildman–Crippen LogP) is -2.17. The average molecular weight is 198 g/mol. The first-order valence-electron chi connectivity index (χ1n) is 2.97. The van der Waals surface area contributed by atoms with E-state index in [1.807, 2.05) is 0 Å². The van der Waals surface area contributed by atoms with Gasteiger partial charge in [0.25, 0.3) is 10.1 Å². The molecule has 72 valence electrons. The first kappa shape index (κ1) is 11.3. The average Bonchev–Trinajstić information content (AvgIpc) is 1.84. The first-order valence-corrected chi connectivity index (χ1v) is 4.58. The Morgan fingerprint density at radius 1 is 1.58 bits per heavy atom. The lowest BCUT2D eigenvalue weighted by Gasteiger charge is -2.05. The van der Waals surface area contributed by atoms with Crippen LogP contribution in [0.5, 0.6) is 0 Å². The number of hydrogen-bond acceptors (Lipinski definition) is 5. The Labute approximate surface area is 69.3 Å². The highest BCUT2D eigenvalue weighted by Gasteiger charge is 2.11. The molecule has 0 spiro atoms. The molecule has 0 rings (SSSR count). The molecule has 0 aromatic rings. The molecule has 8 heteroatoms. The fourth-order valence-corrected chi connectivity index (χ4v) is 0.807. The van der Waals surface area contributed by atoms with Crippen molar-refractivity contribution in [2.75, 3.05) is 12.4 Å². The fraction of sp³-hybridized carbons (Fsp3) is 0.750. The Bertz CT molecular complexity index is 248. The van der Waals surface area contributed by atoms with Crippen molar-refractivity contribution in [3.05, 3.63) is 0 Å². The zero-order valence-corrected chi connectivity index (χ0v) is 6.91. The monoisotopic (exact) mass is 198 g/mol. The largest absolute Gasteiger partial charge is 0.480 e. The van der Waals surface area contributed by atoms with Crippen LogP contribution >= 0.6 is 0 Å². The van der Waals surface area contributed by atoms with Gasteiger partial charge in [0, 0.05) is 6.54 Å². The molecule has 5 N–H and O–H groups in total. The molecule has 0 aliphatic carbocycles. The number of carboxylic acids is 1. The van der Waals surface area contributed by atoms with Crippen LogP contribution < -0.4 is 11.1 Å². The van der Waals surface area contributed by atoms with Gasteiger partial charge in [0.1, 0.15) is 11.9 Å². The van der Waals surface area contributed by atoms with Gasteiger partial charge in [0.15, 0.2) is 0 Å². The van der Waals surface area contributed by atoms with Crippen LogP contribution in [-0.2, 0) is 14.9 Å². The number of nitrogens with two attached hydrogens (primary N) is 1. The summed E-state index contributed by atoms with van der Waals surface area (Å²) in [5, 5.41) is 10.4.